The topological polar surface area (TPSA) is 97.1 Å². The zero-order valence-electron chi connectivity index (χ0n) is 10.9. The van der Waals surface area contributed by atoms with E-state index in [1.165, 1.54) is 0 Å². The molecule has 20 heavy (non-hydrogen) atoms. The lowest BCUT2D eigenvalue weighted by Gasteiger charge is -2.14. The molecule has 4 N–H and O–H groups in total. The lowest BCUT2D eigenvalue weighted by atomic mass is 10.0. The molecular weight excluding hydrogens is 256 g/mol. The molecule has 1 aromatic heterocycles. The van der Waals surface area contributed by atoms with Crippen LogP contribution >= 0.6 is 0 Å². The zero-order chi connectivity index (χ0) is 13.9. The Morgan fingerprint density at radius 1 is 1.40 bits per heavy atom. The van der Waals surface area contributed by atoms with E-state index >= 15 is 0 Å². The van der Waals surface area contributed by atoms with E-state index in [9.17, 15) is 9.59 Å². The highest BCUT2D eigenvalue weighted by Crippen LogP contribution is 2.54. The first kappa shape index (κ1) is 11.8. The molecule has 0 unspecified atom stereocenters. The molecule has 4 atom stereocenters. The van der Waals surface area contributed by atoms with Crippen molar-refractivity contribution in [1.82, 2.24) is 10.3 Å². The molecular formula is C14H16N4O2. The predicted molar refractivity (Wildman–Crippen MR) is 71.7 cm³/mol. The van der Waals surface area contributed by atoms with E-state index in [1.54, 1.807) is 6.20 Å². The SMILES string of the molecule is N[C@@H]1C[C@H](C(=O)Nc2cnc3c(c2)CNC3=O)[C@H]2C[C@H]21. The van der Waals surface area contributed by atoms with Crippen molar-refractivity contribution in [3.8, 4) is 0 Å². The van der Waals surface area contributed by atoms with Crippen LogP contribution in [-0.4, -0.2) is 22.8 Å². The molecule has 0 saturated heterocycles. The molecule has 1 aliphatic heterocycles. The van der Waals surface area contributed by atoms with Gasteiger partial charge in [0.05, 0.1) is 11.9 Å². The maximum atomic E-state index is 12.3. The second-order valence-corrected chi connectivity index (χ2v) is 5.97. The lowest BCUT2D eigenvalue weighted by molar-refractivity contribution is -0.120. The molecule has 2 fully saturated rings. The van der Waals surface area contributed by atoms with Crippen molar-refractivity contribution in [1.29, 1.82) is 0 Å². The first-order valence-corrected chi connectivity index (χ1v) is 6.97. The predicted octanol–water partition coefficient (Wildman–Crippen LogP) is 0.247. The summed E-state index contributed by atoms with van der Waals surface area (Å²) in [4.78, 5) is 27.8. The Balaban J connectivity index is 1.49. The third-order valence-electron chi connectivity index (χ3n) is 4.71. The summed E-state index contributed by atoms with van der Waals surface area (Å²) in [6.07, 6.45) is 3.40. The molecule has 2 aliphatic carbocycles. The van der Waals surface area contributed by atoms with Gasteiger partial charge in [0.1, 0.15) is 5.69 Å². The molecule has 2 saturated carbocycles. The highest BCUT2D eigenvalue weighted by molar-refractivity contribution is 5.98. The van der Waals surface area contributed by atoms with E-state index in [4.69, 9.17) is 5.73 Å². The molecule has 2 amide bonds. The summed E-state index contributed by atoms with van der Waals surface area (Å²) in [5.74, 6) is 0.925. The van der Waals surface area contributed by atoms with Gasteiger partial charge in [0.15, 0.2) is 0 Å². The van der Waals surface area contributed by atoms with Gasteiger partial charge in [-0.2, -0.15) is 0 Å². The fourth-order valence-electron chi connectivity index (χ4n) is 3.55. The maximum absolute atomic E-state index is 12.3. The molecule has 0 bridgehead atoms. The van der Waals surface area contributed by atoms with Crippen LogP contribution in [0.1, 0.15) is 28.9 Å². The van der Waals surface area contributed by atoms with E-state index in [-0.39, 0.29) is 23.8 Å². The number of rotatable bonds is 2. The Kier molecular flexibility index (Phi) is 2.38. The van der Waals surface area contributed by atoms with Crippen molar-refractivity contribution >= 4 is 17.5 Å². The second-order valence-electron chi connectivity index (χ2n) is 5.97. The average Bonchev–Trinajstić information content (AvgIpc) is 3.05. The summed E-state index contributed by atoms with van der Waals surface area (Å²) in [6, 6.07) is 1.99. The number of aromatic nitrogens is 1. The molecule has 1 aromatic rings. The number of fused-ring (bicyclic) bond motifs is 2. The molecule has 6 nitrogen and oxygen atoms in total. The highest BCUT2D eigenvalue weighted by Gasteiger charge is 2.55. The average molecular weight is 272 g/mol. The molecule has 0 radical (unpaired) electrons. The quantitative estimate of drug-likeness (QED) is 0.718. The van der Waals surface area contributed by atoms with Gasteiger partial charge in [-0.25, -0.2) is 4.98 Å². The smallest absolute Gasteiger partial charge is 0.270 e. The van der Waals surface area contributed by atoms with Crippen LogP contribution in [0.5, 0.6) is 0 Å². The zero-order valence-corrected chi connectivity index (χ0v) is 10.9. The summed E-state index contributed by atoms with van der Waals surface area (Å²) < 4.78 is 0. The van der Waals surface area contributed by atoms with E-state index in [2.05, 4.69) is 15.6 Å². The molecule has 0 spiro atoms. The lowest BCUT2D eigenvalue weighted by Crippen LogP contribution is -2.27. The van der Waals surface area contributed by atoms with Gasteiger partial charge >= 0.3 is 0 Å². The second kappa shape index (κ2) is 4.02. The van der Waals surface area contributed by atoms with Gasteiger partial charge in [0.2, 0.25) is 5.91 Å². The van der Waals surface area contributed by atoms with Crippen LogP contribution in [-0.2, 0) is 11.3 Å². The third-order valence-corrected chi connectivity index (χ3v) is 4.71. The minimum Gasteiger partial charge on any atom is -0.347 e. The molecule has 2 heterocycles. The number of amides is 2. The largest absolute Gasteiger partial charge is 0.347 e. The number of hydrogen-bond acceptors (Lipinski definition) is 4. The monoisotopic (exact) mass is 272 g/mol. The van der Waals surface area contributed by atoms with Gasteiger partial charge in [-0.3, -0.25) is 9.59 Å². The first-order chi connectivity index (χ1) is 9.63. The van der Waals surface area contributed by atoms with Crippen LogP contribution < -0.4 is 16.4 Å². The highest BCUT2D eigenvalue weighted by atomic mass is 16.2. The summed E-state index contributed by atoms with van der Waals surface area (Å²) in [5.41, 5.74) is 7.93. The van der Waals surface area contributed by atoms with E-state index in [0.717, 1.165) is 18.4 Å². The Labute approximate surface area is 116 Å². The maximum Gasteiger partial charge on any atom is 0.270 e. The first-order valence-electron chi connectivity index (χ1n) is 6.97. The molecule has 4 rings (SSSR count). The van der Waals surface area contributed by atoms with Crippen molar-refractivity contribution in [3.05, 3.63) is 23.5 Å². The van der Waals surface area contributed by atoms with Gasteiger partial charge in [-0.05, 0) is 30.7 Å². The summed E-state index contributed by atoms with van der Waals surface area (Å²) in [5, 5.41) is 5.62. The summed E-state index contributed by atoms with van der Waals surface area (Å²) >= 11 is 0. The van der Waals surface area contributed by atoms with Crippen molar-refractivity contribution in [2.75, 3.05) is 5.32 Å². The fraction of sp³-hybridized carbons (Fsp3) is 0.500. The van der Waals surface area contributed by atoms with Crippen LogP contribution in [0.15, 0.2) is 12.3 Å². The summed E-state index contributed by atoms with van der Waals surface area (Å²) in [7, 11) is 0. The van der Waals surface area contributed by atoms with Crippen LogP contribution in [0.25, 0.3) is 0 Å². The van der Waals surface area contributed by atoms with Crippen LogP contribution in [0.2, 0.25) is 0 Å². The number of carbonyl (C=O) groups excluding carboxylic acids is 2. The Morgan fingerprint density at radius 3 is 2.95 bits per heavy atom. The number of pyridine rings is 1. The van der Waals surface area contributed by atoms with Gasteiger partial charge < -0.3 is 16.4 Å². The number of nitrogens with zero attached hydrogens (tertiary/aromatic N) is 1. The van der Waals surface area contributed by atoms with Gasteiger partial charge in [-0.1, -0.05) is 0 Å². The fourth-order valence-corrected chi connectivity index (χ4v) is 3.55. The van der Waals surface area contributed by atoms with Gasteiger partial charge in [0.25, 0.3) is 5.91 Å². The Morgan fingerprint density at radius 2 is 2.25 bits per heavy atom. The number of nitrogens with one attached hydrogen (secondary N) is 2. The number of nitrogens with two attached hydrogens (primary N) is 1. The molecule has 0 aromatic carbocycles. The van der Waals surface area contributed by atoms with Crippen molar-refractivity contribution in [3.63, 3.8) is 0 Å². The van der Waals surface area contributed by atoms with Crippen molar-refractivity contribution in [2.24, 2.45) is 23.5 Å². The minimum atomic E-state index is -0.152. The Bertz CT molecular complexity index is 615. The van der Waals surface area contributed by atoms with Gasteiger partial charge in [-0.15, -0.1) is 0 Å². The van der Waals surface area contributed by atoms with Crippen molar-refractivity contribution in [2.45, 2.75) is 25.4 Å². The molecule has 3 aliphatic rings. The van der Waals surface area contributed by atoms with E-state index in [0.29, 0.717) is 29.8 Å². The number of hydrogen-bond donors (Lipinski definition) is 3. The third kappa shape index (κ3) is 1.71. The summed E-state index contributed by atoms with van der Waals surface area (Å²) in [6.45, 7) is 0.476. The normalized spacial score (nSPS) is 33.4. The number of carbonyl (C=O) groups is 2. The van der Waals surface area contributed by atoms with E-state index < -0.39 is 0 Å². The van der Waals surface area contributed by atoms with Gasteiger partial charge in [0, 0.05) is 24.1 Å². The number of anilines is 1. The van der Waals surface area contributed by atoms with Crippen molar-refractivity contribution < 1.29 is 9.59 Å². The standard InChI is InChI=1S/C14H16N4O2/c15-11-3-10(8-2-9(8)11)13(19)18-7-1-6-4-17-14(20)12(6)16-5-7/h1,5,8-11H,2-4,15H2,(H,17,20)(H,18,19)/t8-,9+,10-,11+/m0/s1. The van der Waals surface area contributed by atoms with Crippen LogP contribution in [0, 0.1) is 17.8 Å². The molecule has 104 valence electrons. The molecule has 6 heteroatoms. The Hall–Kier alpha value is -1.95. The minimum absolute atomic E-state index is 0.0306. The van der Waals surface area contributed by atoms with Crippen LogP contribution in [0.3, 0.4) is 0 Å². The van der Waals surface area contributed by atoms with Crippen LogP contribution in [0.4, 0.5) is 5.69 Å². The van der Waals surface area contributed by atoms with E-state index in [1.807, 2.05) is 6.07 Å².